The number of halogens is 1. The van der Waals surface area contributed by atoms with E-state index in [1.54, 1.807) is 19.4 Å². The van der Waals surface area contributed by atoms with Gasteiger partial charge in [-0.1, -0.05) is 35.9 Å². The molecule has 0 radical (unpaired) electrons. The van der Waals surface area contributed by atoms with Crippen molar-refractivity contribution in [2.75, 3.05) is 7.11 Å². The number of carbonyl (C=O) groups is 1. The minimum Gasteiger partial charge on any atom is -0.497 e. The van der Waals surface area contributed by atoms with Gasteiger partial charge in [0.2, 0.25) is 5.78 Å². The Kier molecular flexibility index (Phi) is 5.24. The molecule has 0 atom stereocenters. The molecule has 3 aromatic rings. The Morgan fingerprint density at radius 1 is 1.13 bits per heavy atom. The summed E-state index contributed by atoms with van der Waals surface area (Å²) >= 11 is 0. The van der Waals surface area contributed by atoms with Crippen LogP contribution in [0, 0.1) is 6.92 Å². The number of furan rings is 1. The highest BCUT2D eigenvalue weighted by atomic mass is 35.5. The average molecular weight is 329 g/mol. The largest absolute Gasteiger partial charge is 0.497 e. The number of carbonyl (C=O) groups excluding carboxylic acids is 1. The van der Waals surface area contributed by atoms with E-state index >= 15 is 0 Å². The average Bonchev–Trinajstić information content (AvgIpc) is 2.96. The normalized spacial score (nSPS) is 10.7. The van der Waals surface area contributed by atoms with Gasteiger partial charge in [0, 0.05) is 10.8 Å². The van der Waals surface area contributed by atoms with E-state index in [1.165, 1.54) is 6.08 Å². The minimum atomic E-state index is -0.144. The van der Waals surface area contributed by atoms with E-state index < -0.39 is 0 Å². The highest BCUT2D eigenvalue weighted by Gasteiger charge is 2.12. The first-order valence-corrected chi connectivity index (χ1v) is 7.02. The molecule has 0 saturated carbocycles. The van der Waals surface area contributed by atoms with E-state index in [-0.39, 0.29) is 18.2 Å². The maximum Gasteiger partial charge on any atom is 0.221 e. The monoisotopic (exact) mass is 328 g/mol. The molecule has 0 aliphatic heterocycles. The molecule has 0 amide bonds. The van der Waals surface area contributed by atoms with Crippen LogP contribution in [0.3, 0.4) is 0 Å². The van der Waals surface area contributed by atoms with Crippen molar-refractivity contribution in [3.05, 3.63) is 71.7 Å². The van der Waals surface area contributed by atoms with Crippen LogP contribution in [0.4, 0.5) is 0 Å². The molecular formula is C19H17ClO3. The summed E-state index contributed by atoms with van der Waals surface area (Å²) in [4.78, 5) is 12.3. The van der Waals surface area contributed by atoms with Gasteiger partial charge in [-0.2, -0.15) is 0 Å². The molecule has 0 fully saturated rings. The number of rotatable bonds is 4. The highest BCUT2D eigenvalue weighted by Crippen LogP contribution is 2.23. The lowest BCUT2D eigenvalue weighted by Gasteiger charge is -1.99. The Labute approximate surface area is 141 Å². The summed E-state index contributed by atoms with van der Waals surface area (Å²) < 4.78 is 10.5. The lowest BCUT2D eigenvalue weighted by Crippen LogP contribution is -1.92. The van der Waals surface area contributed by atoms with Gasteiger partial charge >= 0.3 is 0 Å². The third-order valence-electron chi connectivity index (χ3n) is 3.52. The second kappa shape index (κ2) is 7.16. The summed E-state index contributed by atoms with van der Waals surface area (Å²) in [7, 11) is 1.62. The van der Waals surface area contributed by atoms with Gasteiger partial charge in [0.05, 0.1) is 13.4 Å². The molecule has 0 aliphatic carbocycles. The minimum absolute atomic E-state index is 0. The van der Waals surface area contributed by atoms with E-state index in [9.17, 15) is 4.79 Å². The maximum absolute atomic E-state index is 12.3. The van der Waals surface area contributed by atoms with Crippen LogP contribution in [-0.4, -0.2) is 12.9 Å². The van der Waals surface area contributed by atoms with Crippen molar-refractivity contribution in [3.8, 4) is 5.75 Å². The van der Waals surface area contributed by atoms with Gasteiger partial charge in [-0.05, 0) is 36.8 Å². The Morgan fingerprint density at radius 3 is 2.57 bits per heavy atom. The lowest BCUT2D eigenvalue weighted by atomic mass is 10.1. The topological polar surface area (TPSA) is 39.4 Å². The lowest BCUT2D eigenvalue weighted by molar-refractivity contribution is 0.102. The number of hydrogen-bond acceptors (Lipinski definition) is 3. The van der Waals surface area contributed by atoms with E-state index in [1.807, 2.05) is 49.4 Å². The summed E-state index contributed by atoms with van der Waals surface area (Å²) in [5, 5.41) is 1.79. The third kappa shape index (κ3) is 3.63. The van der Waals surface area contributed by atoms with Crippen molar-refractivity contribution >= 4 is 35.0 Å². The Bertz CT molecular complexity index is 845. The van der Waals surface area contributed by atoms with Gasteiger partial charge in [-0.15, -0.1) is 12.4 Å². The first kappa shape index (κ1) is 16.8. The summed E-state index contributed by atoms with van der Waals surface area (Å²) in [6, 6.07) is 13.4. The number of ketones is 1. The maximum atomic E-state index is 12.3. The second-order valence-electron chi connectivity index (χ2n) is 5.13. The molecular weight excluding hydrogens is 312 g/mol. The number of hydrogen-bond donors (Lipinski definition) is 0. The molecule has 3 nitrogen and oxygen atoms in total. The van der Waals surface area contributed by atoms with E-state index in [4.69, 9.17) is 9.15 Å². The summed E-state index contributed by atoms with van der Waals surface area (Å²) in [6.07, 6.45) is 4.92. The van der Waals surface area contributed by atoms with Gasteiger partial charge in [0.15, 0.2) is 5.76 Å². The number of allylic oxidation sites excluding steroid dienone is 1. The number of ether oxygens (including phenoxy) is 1. The van der Waals surface area contributed by atoms with Crippen molar-refractivity contribution in [2.24, 2.45) is 0 Å². The molecule has 0 unspecified atom stereocenters. The van der Waals surface area contributed by atoms with Crippen LogP contribution in [0.5, 0.6) is 5.75 Å². The molecule has 0 saturated heterocycles. The fourth-order valence-corrected chi connectivity index (χ4v) is 2.33. The van der Waals surface area contributed by atoms with Gasteiger partial charge in [0.25, 0.3) is 0 Å². The number of benzene rings is 2. The number of fused-ring (bicyclic) bond motifs is 1. The third-order valence-corrected chi connectivity index (χ3v) is 3.52. The molecule has 0 aliphatic rings. The summed E-state index contributed by atoms with van der Waals surface area (Å²) in [5.74, 6) is 1.02. The van der Waals surface area contributed by atoms with Crippen molar-refractivity contribution in [1.29, 1.82) is 0 Å². The predicted molar refractivity (Wildman–Crippen MR) is 94.6 cm³/mol. The smallest absolute Gasteiger partial charge is 0.221 e. The van der Waals surface area contributed by atoms with Crippen LogP contribution in [0.25, 0.3) is 16.8 Å². The standard InChI is InChI=1S/C19H16O3.ClH/c1-13-3-9-17-15(11-13)12-22-19(17)18(20)10-6-14-4-7-16(21-2)8-5-14;/h3-12H,1-2H3;1H. The fraction of sp³-hybridized carbons (Fsp3) is 0.105. The Hall–Kier alpha value is -2.52. The number of methoxy groups -OCH3 is 1. The van der Waals surface area contributed by atoms with Crippen molar-refractivity contribution in [2.45, 2.75) is 6.92 Å². The molecule has 1 heterocycles. The van der Waals surface area contributed by atoms with E-state index in [2.05, 4.69) is 0 Å². The van der Waals surface area contributed by atoms with Gasteiger partial charge < -0.3 is 9.15 Å². The molecule has 3 rings (SSSR count). The zero-order chi connectivity index (χ0) is 15.5. The Morgan fingerprint density at radius 2 is 1.87 bits per heavy atom. The Balaban J connectivity index is 0.00000192. The molecule has 2 aromatic carbocycles. The number of aryl methyl sites for hydroxylation is 1. The van der Waals surface area contributed by atoms with Gasteiger partial charge in [-0.25, -0.2) is 0 Å². The first-order valence-electron chi connectivity index (χ1n) is 7.02. The predicted octanol–water partition coefficient (Wildman–Crippen LogP) is 5.07. The van der Waals surface area contributed by atoms with Crippen LogP contribution < -0.4 is 4.74 Å². The highest BCUT2D eigenvalue weighted by molar-refractivity contribution is 6.12. The van der Waals surface area contributed by atoms with Crippen LogP contribution in [0.15, 0.2) is 59.2 Å². The molecule has 4 heteroatoms. The van der Waals surface area contributed by atoms with Gasteiger partial charge in [0.1, 0.15) is 5.75 Å². The van der Waals surface area contributed by atoms with Crippen molar-refractivity contribution in [3.63, 3.8) is 0 Å². The molecule has 23 heavy (non-hydrogen) atoms. The second-order valence-corrected chi connectivity index (χ2v) is 5.13. The van der Waals surface area contributed by atoms with Crippen LogP contribution in [0.1, 0.15) is 21.7 Å². The summed E-state index contributed by atoms with van der Waals surface area (Å²) in [5.41, 5.74) is 2.07. The van der Waals surface area contributed by atoms with Crippen LogP contribution >= 0.6 is 12.4 Å². The van der Waals surface area contributed by atoms with Crippen molar-refractivity contribution < 1.29 is 13.9 Å². The molecule has 1 aromatic heterocycles. The first-order chi connectivity index (χ1) is 10.7. The van der Waals surface area contributed by atoms with E-state index in [0.29, 0.717) is 5.76 Å². The molecule has 0 N–H and O–H groups in total. The fourth-order valence-electron chi connectivity index (χ4n) is 2.33. The zero-order valence-corrected chi connectivity index (χ0v) is 13.7. The molecule has 0 bridgehead atoms. The molecule has 0 spiro atoms. The van der Waals surface area contributed by atoms with Crippen LogP contribution in [0.2, 0.25) is 0 Å². The van der Waals surface area contributed by atoms with Crippen molar-refractivity contribution in [1.82, 2.24) is 0 Å². The van der Waals surface area contributed by atoms with Gasteiger partial charge in [-0.3, -0.25) is 4.79 Å². The quantitative estimate of drug-likeness (QED) is 0.496. The SMILES string of the molecule is COc1ccc(C=CC(=O)c2occ3cc(C)ccc23)cc1.Cl. The van der Waals surface area contributed by atoms with Crippen LogP contribution in [-0.2, 0) is 0 Å². The summed E-state index contributed by atoms with van der Waals surface area (Å²) in [6.45, 7) is 2.01. The van der Waals surface area contributed by atoms with E-state index in [0.717, 1.165) is 27.6 Å². The zero-order valence-electron chi connectivity index (χ0n) is 12.9. The molecule has 118 valence electrons.